The molecule has 1 aliphatic heterocycles. The van der Waals surface area contributed by atoms with E-state index in [0.29, 0.717) is 25.9 Å². The Morgan fingerprint density at radius 1 is 1.30 bits per heavy atom. The van der Waals surface area contributed by atoms with Gasteiger partial charge < -0.3 is 15.7 Å². The number of carbonyl (C=O) groups is 2. The molecular formula is C15H28N2O3. The number of hydrogen-bond donors (Lipinski definition) is 2. The van der Waals surface area contributed by atoms with Crippen LogP contribution in [-0.2, 0) is 9.59 Å². The number of likely N-dealkylation sites (tertiary alicyclic amines) is 1. The Morgan fingerprint density at radius 3 is 2.40 bits per heavy atom. The third kappa shape index (κ3) is 4.78. The van der Waals surface area contributed by atoms with Crippen molar-refractivity contribution in [2.75, 3.05) is 13.1 Å². The van der Waals surface area contributed by atoms with Crippen LogP contribution in [0.2, 0.25) is 0 Å². The largest absolute Gasteiger partial charge is 0.389 e. The van der Waals surface area contributed by atoms with Gasteiger partial charge in [-0.05, 0) is 25.7 Å². The summed E-state index contributed by atoms with van der Waals surface area (Å²) in [4.78, 5) is 25.3. The molecule has 1 atom stereocenters. The van der Waals surface area contributed by atoms with E-state index in [2.05, 4.69) is 0 Å². The van der Waals surface area contributed by atoms with Crippen LogP contribution in [-0.4, -0.2) is 40.5 Å². The molecule has 0 spiro atoms. The predicted octanol–water partition coefficient (Wildman–Crippen LogP) is 1.43. The zero-order chi connectivity index (χ0) is 15.2. The van der Waals surface area contributed by atoms with Gasteiger partial charge in [-0.3, -0.25) is 9.59 Å². The molecule has 0 bridgehead atoms. The van der Waals surface area contributed by atoms with Gasteiger partial charge in [0.15, 0.2) is 0 Å². The molecule has 1 fully saturated rings. The minimum absolute atomic E-state index is 0.0552. The van der Waals surface area contributed by atoms with E-state index in [4.69, 9.17) is 5.73 Å². The van der Waals surface area contributed by atoms with Crippen molar-refractivity contribution >= 4 is 11.8 Å². The quantitative estimate of drug-likeness (QED) is 0.742. The SMILES string of the molecule is CCCC(O)(CCC)CC(=O)N1CCCC(C(N)=O)C1. The van der Waals surface area contributed by atoms with Gasteiger partial charge in [0.05, 0.1) is 17.9 Å². The van der Waals surface area contributed by atoms with Crippen LogP contribution in [0.25, 0.3) is 0 Å². The predicted molar refractivity (Wildman–Crippen MR) is 77.9 cm³/mol. The van der Waals surface area contributed by atoms with E-state index in [1.807, 2.05) is 13.8 Å². The van der Waals surface area contributed by atoms with Gasteiger partial charge in [-0.2, -0.15) is 0 Å². The van der Waals surface area contributed by atoms with Crippen molar-refractivity contribution < 1.29 is 14.7 Å². The fourth-order valence-corrected chi connectivity index (χ4v) is 3.06. The molecule has 5 heteroatoms. The Balaban J connectivity index is 2.61. The molecule has 0 aromatic heterocycles. The highest BCUT2D eigenvalue weighted by Gasteiger charge is 2.33. The van der Waals surface area contributed by atoms with Crippen LogP contribution < -0.4 is 5.73 Å². The van der Waals surface area contributed by atoms with E-state index in [9.17, 15) is 14.7 Å². The van der Waals surface area contributed by atoms with Crippen LogP contribution in [0.5, 0.6) is 0 Å². The first-order valence-corrected chi connectivity index (χ1v) is 7.71. The fourth-order valence-electron chi connectivity index (χ4n) is 3.06. The van der Waals surface area contributed by atoms with Crippen LogP contribution in [0.3, 0.4) is 0 Å². The van der Waals surface area contributed by atoms with Crippen LogP contribution in [0.4, 0.5) is 0 Å². The number of aliphatic hydroxyl groups is 1. The molecule has 0 aromatic carbocycles. The zero-order valence-electron chi connectivity index (χ0n) is 12.7. The van der Waals surface area contributed by atoms with Gasteiger partial charge in [0.2, 0.25) is 11.8 Å². The molecule has 116 valence electrons. The van der Waals surface area contributed by atoms with Gasteiger partial charge in [-0.1, -0.05) is 26.7 Å². The van der Waals surface area contributed by atoms with Crippen LogP contribution in [0.15, 0.2) is 0 Å². The molecule has 1 rings (SSSR count). The van der Waals surface area contributed by atoms with E-state index >= 15 is 0 Å². The van der Waals surface area contributed by atoms with E-state index in [1.165, 1.54) is 0 Å². The Labute approximate surface area is 121 Å². The second-order valence-corrected chi connectivity index (χ2v) is 5.98. The van der Waals surface area contributed by atoms with Crippen molar-refractivity contribution in [1.29, 1.82) is 0 Å². The van der Waals surface area contributed by atoms with E-state index < -0.39 is 5.60 Å². The molecule has 20 heavy (non-hydrogen) atoms. The normalized spacial score (nSPS) is 19.9. The van der Waals surface area contributed by atoms with Gasteiger partial charge in [0.25, 0.3) is 0 Å². The summed E-state index contributed by atoms with van der Waals surface area (Å²) in [5.41, 5.74) is 4.42. The van der Waals surface area contributed by atoms with Gasteiger partial charge in [0, 0.05) is 13.1 Å². The number of amides is 2. The van der Waals surface area contributed by atoms with Crippen LogP contribution >= 0.6 is 0 Å². The Bertz CT molecular complexity index is 338. The van der Waals surface area contributed by atoms with Crippen molar-refractivity contribution in [3.8, 4) is 0 Å². The minimum Gasteiger partial charge on any atom is -0.389 e. The lowest BCUT2D eigenvalue weighted by Gasteiger charge is -2.34. The fraction of sp³-hybridized carbons (Fsp3) is 0.867. The number of nitrogens with two attached hydrogens (primary N) is 1. The maximum atomic E-state index is 12.3. The van der Waals surface area contributed by atoms with Crippen LogP contribution in [0, 0.1) is 5.92 Å². The lowest BCUT2D eigenvalue weighted by Crippen LogP contribution is -2.46. The van der Waals surface area contributed by atoms with Crippen molar-refractivity contribution in [3.63, 3.8) is 0 Å². The smallest absolute Gasteiger partial charge is 0.225 e. The molecule has 1 saturated heterocycles. The first-order chi connectivity index (χ1) is 9.41. The summed E-state index contributed by atoms with van der Waals surface area (Å²) >= 11 is 0. The minimum atomic E-state index is -0.903. The molecule has 0 radical (unpaired) electrons. The second kappa shape index (κ2) is 7.62. The summed E-state index contributed by atoms with van der Waals surface area (Å²) in [5.74, 6) is -0.627. The van der Waals surface area contributed by atoms with Crippen molar-refractivity contribution in [3.05, 3.63) is 0 Å². The Kier molecular flexibility index (Phi) is 6.46. The third-order valence-corrected chi connectivity index (χ3v) is 4.09. The maximum absolute atomic E-state index is 12.3. The molecule has 0 saturated carbocycles. The monoisotopic (exact) mass is 284 g/mol. The standard InChI is InChI=1S/C15H28N2O3/c1-3-7-15(20,8-4-2)10-13(18)17-9-5-6-12(11-17)14(16)19/h12,20H,3-11H2,1-2H3,(H2,16,19). The maximum Gasteiger partial charge on any atom is 0.225 e. The highest BCUT2D eigenvalue weighted by Crippen LogP contribution is 2.26. The summed E-state index contributed by atoms with van der Waals surface area (Å²) < 4.78 is 0. The average Bonchev–Trinajstić information content (AvgIpc) is 2.39. The summed E-state index contributed by atoms with van der Waals surface area (Å²) in [6.07, 6.45) is 4.70. The average molecular weight is 284 g/mol. The summed E-state index contributed by atoms with van der Waals surface area (Å²) in [7, 11) is 0. The highest BCUT2D eigenvalue weighted by atomic mass is 16.3. The second-order valence-electron chi connectivity index (χ2n) is 5.98. The first-order valence-electron chi connectivity index (χ1n) is 7.71. The van der Waals surface area contributed by atoms with Crippen molar-refractivity contribution in [1.82, 2.24) is 4.90 Å². The molecule has 5 nitrogen and oxygen atoms in total. The lowest BCUT2D eigenvalue weighted by atomic mass is 9.88. The van der Waals surface area contributed by atoms with E-state index in [1.54, 1.807) is 4.90 Å². The van der Waals surface area contributed by atoms with Gasteiger partial charge in [-0.15, -0.1) is 0 Å². The molecule has 1 aliphatic rings. The number of primary amides is 1. The topological polar surface area (TPSA) is 83.6 Å². The molecular weight excluding hydrogens is 256 g/mol. The third-order valence-electron chi connectivity index (χ3n) is 4.09. The molecule has 1 heterocycles. The summed E-state index contributed by atoms with van der Waals surface area (Å²) in [5, 5.41) is 10.5. The van der Waals surface area contributed by atoms with E-state index in [0.717, 1.165) is 25.7 Å². The highest BCUT2D eigenvalue weighted by molar-refractivity contribution is 5.80. The van der Waals surface area contributed by atoms with Crippen molar-refractivity contribution in [2.24, 2.45) is 11.7 Å². The lowest BCUT2D eigenvalue weighted by molar-refractivity contribution is -0.140. The summed E-state index contributed by atoms with van der Waals surface area (Å²) in [6.45, 7) is 5.09. The van der Waals surface area contributed by atoms with E-state index in [-0.39, 0.29) is 24.2 Å². The van der Waals surface area contributed by atoms with Gasteiger partial charge in [0.1, 0.15) is 0 Å². The first kappa shape index (κ1) is 17.0. The van der Waals surface area contributed by atoms with Crippen LogP contribution in [0.1, 0.15) is 58.8 Å². The Morgan fingerprint density at radius 2 is 1.90 bits per heavy atom. The molecule has 3 N–H and O–H groups in total. The number of rotatable bonds is 7. The molecule has 0 aliphatic carbocycles. The molecule has 0 aromatic rings. The zero-order valence-corrected chi connectivity index (χ0v) is 12.7. The molecule has 2 amide bonds. The van der Waals surface area contributed by atoms with Gasteiger partial charge >= 0.3 is 0 Å². The van der Waals surface area contributed by atoms with Gasteiger partial charge in [-0.25, -0.2) is 0 Å². The van der Waals surface area contributed by atoms with Crippen molar-refractivity contribution in [2.45, 2.75) is 64.4 Å². The summed E-state index contributed by atoms with van der Waals surface area (Å²) in [6, 6.07) is 0. The Hall–Kier alpha value is -1.10. The number of hydrogen-bond acceptors (Lipinski definition) is 3. The number of carbonyl (C=O) groups excluding carboxylic acids is 2. The number of piperidine rings is 1. The molecule has 1 unspecified atom stereocenters. The number of nitrogens with zero attached hydrogens (tertiary/aromatic N) is 1.